The third-order valence-corrected chi connectivity index (χ3v) is 5.89. The molecule has 1 aromatic rings. The summed E-state index contributed by atoms with van der Waals surface area (Å²) in [7, 11) is 0. The molecule has 26 heavy (non-hydrogen) atoms. The maximum atomic E-state index is 12.8. The monoisotopic (exact) mass is 376 g/mol. The van der Waals surface area contributed by atoms with Crippen LogP contribution in [0.1, 0.15) is 51.0 Å². The van der Waals surface area contributed by atoms with Gasteiger partial charge in [-0.25, -0.2) is 0 Å². The van der Waals surface area contributed by atoms with Crippen LogP contribution in [-0.2, 0) is 14.4 Å². The van der Waals surface area contributed by atoms with Crippen molar-refractivity contribution in [3.63, 3.8) is 0 Å². The fraction of sp³-hybridized carbons (Fsp3) is 0.550. The smallest absolute Gasteiger partial charge is 0.228 e. The zero-order valence-corrected chi connectivity index (χ0v) is 16.0. The van der Waals surface area contributed by atoms with Gasteiger partial charge in [0.1, 0.15) is 0 Å². The van der Waals surface area contributed by atoms with Crippen molar-refractivity contribution >= 4 is 29.2 Å². The molecule has 0 aliphatic carbocycles. The van der Waals surface area contributed by atoms with Gasteiger partial charge in [-0.05, 0) is 49.8 Å². The summed E-state index contributed by atoms with van der Waals surface area (Å²) in [5, 5.41) is 3.47. The van der Waals surface area contributed by atoms with Crippen LogP contribution in [0.4, 0.5) is 0 Å². The van der Waals surface area contributed by atoms with Crippen molar-refractivity contribution in [2.45, 2.75) is 51.0 Å². The van der Waals surface area contributed by atoms with Gasteiger partial charge in [-0.1, -0.05) is 30.7 Å². The molecule has 2 aliphatic heterocycles. The lowest BCUT2D eigenvalue weighted by molar-refractivity contribution is -0.137. The number of benzene rings is 1. The first-order valence-electron chi connectivity index (χ1n) is 9.17. The summed E-state index contributed by atoms with van der Waals surface area (Å²) in [5.41, 5.74) is 0.356. The Bertz CT molecular complexity index is 710. The van der Waals surface area contributed by atoms with Crippen molar-refractivity contribution in [1.29, 1.82) is 0 Å². The van der Waals surface area contributed by atoms with E-state index in [1.807, 2.05) is 24.0 Å². The topological polar surface area (TPSA) is 66.5 Å². The van der Waals surface area contributed by atoms with Gasteiger partial charge in [0, 0.05) is 24.0 Å². The molecule has 2 amide bonds. The fourth-order valence-corrected chi connectivity index (χ4v) is 4.23. The number of likely N-dealkylation sites (tertiary alicyclic amines) is 1. The van der Waals surface area contributed by atoms with E-state index in [1.165, 1.54) is 5.56 Å². The maximum absolute atomic E-state index is 12.8. The van der Waals surface area contributed by atoms with E-state index in [9.17, 15) is 14.4 Å². The summed E-state index contributed by atoms with van der Waals surface area (Å²) in [5.74, 6) is -0.159. The third-order valence-electron chi connectivity index (χ3n) is 5.64. The zero-order valence-electron chi connectivity index (χ0n) is 15.3. The quantitative estimate of drug-likeness (QED) is 0.821. The number of hydrogen-bond acceptors (Lipinski definition) is 3. The van der Waals surface area contributed by atoms with Crippen molar-refractivity contribution in [3.05, 3.63) is 34.9 Å². The maximum Gasteiger partial charge on any atom is 0.228 e. The van der Waals surface area contributed by atoms with Gasteiger partial charge in [0.25, 0.3) is 0 Å². The van der Waals surface area contributed by atoms with E-state index in [4.69, 9.17) is 11.6 Å². The van der Waals surface area contributed by atoms with Crippen LogP contribution in [0.15, 0.2) is 24.3 Å². The number of nitrogens with zero attached hydrogens (tertiary/aromatic N) is 1. The van der Waals surface area contributed by atoms with Gasteiger partial charge in [0.15, 0.2) is 5.78 Å². The van der Waals surface area contributed by atoms with Crippen LogP contribution in [0, 0.1) is 5.92 Å². The highest BCUT2D eigenvalue weighted by molar-refractivity contribution is 6.30. The molecule has 1 N–H and O–H groups in total. The molecule has 2 fully saturated rings. The van der Waals surface area contributed by atoms with Gasteiger partial charge in [-0.3, -0.25) is 14.4 Å². The average Bonchev–Trinajstić information content (AvgIpc) is 2.86. The third kappa shape index (κ3) is 3.93. The predicted molar refractivity (Wildman–Crippen MR) is 100.0 cm³/mol. The van der Waals surface area contributed by atoms with Gasteiger partial charge in [0.05, 0.1) is 12.0 Å². The van der Waals surface area contributed by atoms with Crippen LogP contribution in [0.5, 0.6) is 0 Å². The number of amides is 2. The summed E-state index contributed by atoms with van der Waals surface area (Å²) in [6.07, 6.45) is 2.12. The Morgan fingerprint density at radius 3 is 2.42 bits per heavy atom. The molecule has 0 unspecified atom stereocenters. The van der Waals surface area contributed by atoms with Gasteiger partial charge >= 0.3 is 0 Å². The Labute approximate surface area is 159 Å². The highest BCUT2D eigenvalue weighted by Crippen LogP contribution is 2.31. The van der Waals surface area contributed by atoms with Crippen molar-refractivity contribution in [2.75, 3.05) is 13.1 Å². The lowest BCUT2D eigenvalue weighted by Crippen LogP contribution is -2.48. The highest BCUT2D eigenvalue weighted by Gasteiger charge is 2.44. The molecule has 0 saturated carbocycles. The number of halogens is 1. The van der Waals surface area contributed by atoms with Crippen LogP contribution in [-0.4, -0.2) is 41.1 Å². The molecule has 1 aromatic carbocycles. The highest BCUT2D eigenvalue weighted by atomic mass is 35.5. The Morgan fingerprint density at radius 2 is 1.88 bits per heavy atom. The summed E-state index contributed by atoms with van der Waals surface area (Å²) in [6.45, 7) is 4.99. The first-order valence-corrected chi connectivity index (χ1v) is 9.55. The van der Waals surface area contributed by atoms with E-state index in [-0.39, 0.29) is 29.9 Å². The van der Waals surface area contributed by atoms with E-state index in [2.05, 4.69) is 17.4 Å². The molecular formula is C20H25ClN2O3. The van der Waals surface area contributed by atoms with Gasteiger partial charge in [0.2, 0.25) is 11.8 Å². The molecule has 6 heteroatoms. The van der Waals surface area contributed by atoms with Crippen LogP contribution >= 0.6 is 11.6 Å². The lowest BCUT2D eigenvalue weighted by atomic mass is 9.85. The number of nitrogens with one attached hydrogen (secondary N) is 1. The Morgan fingerprint density at radius 1 is 1.27 bits per heavy atom. The van der Waals surface area contributed by atoms with Crippen LogP contribution in [0.2, 0.25) is 5.02 Å². The standard InChI is InChI=1S/C20H25ClN2O3/c1-13(12-20(2)17(24)11-18(25)22-20)19(26)23-9-7-15(8-10-23)14-3-5-16(21)6-4-14/h3-6,13,15H,7-12H2,1-2H3,(H,22,25)/t13-,20+/m0/s1. The number of piperidine rings is 1. The van der Waals surface area contributed by atoms with Crippen LogP contribution in [0.3, 0.4) is 0 Å². The van der Waals surface area contributed by atoms with E-state index < -0.39 is 5.54 Å². The minimum Gasteiger partial charge on any atom is -0.343 e. The fourth-order valence-electron chi connectivity index (χ4n) is 4.11. The van der Waals surface area contributed by atoms with Gasteiger partial charge < -0.3 is 10.2 Å². The van der Waals surface area contributed by atoms with E-state index >= 15 is 0 Å². The predicted octanol–water partition coefficient (Wildman–Crippen LogP) is 2.92. The first-order chi connectivity index (χ1) is 12.3. The first kappa shape index (κ1) is 18.9. The number of carbonyl (C=O) groups excluding carboxylic acids is 3. The Balaban J connectivity index is 1.55. The number of rotatable bonds is 4. The molecular weight excluding hydrogens is 352 g/mol. The second-order valence-electron chi connectivity index (χ2n) is 7.74. The molecule has 2 aliphatic rings. The second-order valence-corrected chi connectivity index (χ2v) is 8.17. The SMILES string of the molecule is C[C@@H](C[C@@]1(C)NC(=O)CC1=O)C(=O)N1CCC(c2ccc(Cl)cc2)CC1. The van der Waals surface area contributed by atoms with Gasteiger partial charge in [-0.15, -0.1) is 0 Å². The average molecular weight is 377 g/mol. The van der Waals surface area contributed by atoms with E-state index in [0.29, 0.717) is 25.4 Å². The number of hydrogen-bond donors (Lipinski definition) is 1. The largest absolute Gasteiger partial charge is 0.343 e. The summed E-state index contributed by atoms with van der Waals surface area (Å²) in [6, 6.07) is 7.93. The summed E-state index contributed by atoms with van der Waals surface area (Å²) >= 11 is 5.95. The Kier molecular flexibility index (Phi) is 5.37. The van der Waals surface area contributed by atoms with Crippen LogP contribution in [0.25, 0.3) is 0 Å². The molecule has 0 spiro atoms. The molecule has 3 rings (SSSR count). The van der Waals surface area contributed by atoms with Crippen LogP contribution < -0.4 is 5.32 Å². The number of Topliss-reactive ketones (excluding diaryl/α,β-unsaturated/α-hetero) is 1. The van der Waals surface area contributed by atoms with Crippen molar-refractivity contribution < 1.29 is 14.4 Å². The summed E-state index contributed by atoms with van der Waals surface area (Å²) in [4.78, 5) is 38.2. The molecule has 140 valence electrons. The number of carbonyl (C=O) groups is 3. The molecule has 0 aromatic heterocycles. The van der Waals surface area contributed by atoms with Crippen molar-refractivity contribution in [2.24, 2.45) is 5.92 Å². The minimum atomic E-state index is -0.909. The Hall–Kier alpha value is -1.88. The van der Waals surface area contributed by atoms with E-state index in [1.54, 1.807) is 6.92 Å². The molecule has 0 radical (unpaired) electrons. The molecule has 0 bridgehead atoms. The number of ketones is 1. The molecule has 2 atom stereocenters. The zero-order chi connectivity index (χ0) is 18.9. The molecule has 5 nitrogen and oxygen atoms in total. The molecule has 2 saturated heterocycles. The normalized spacial score (nSPS) is 25.3. The van der Waals surface area contributed by atoms with Crippen molar-refractivity contribution in [1.82, 2.24) is 10.2 Å². The summed E-state index contributed by atoms with van der Waals surface area (Å²) < 4.78 is 0. The second kappa shape index (κ2) is 7.39. The minimum absolute atomic E-state index is 0.0646. The lowest BCUT2D eigenvalue weighted by Gasteiger charge is -2.35. The molecule has 2 heterocycles. The van der Waals surface area contributed by atoms with Crippen molar-refractivity contribution in [3.8, 4) is 0 Å². The van der Waals surface area contributed by atoms with Gasteiger partial charge in [-0.2, -0.15) is 0 Å². The van der Waals surface area contributed by atoms with E-state index in [0.717, 1.165) is 17.9 Å².